The van der Waals surface area contributed by atoms with E-state index in [1.165, 1.54) is 12.4 Å². The Morgan fingerprint density at radius 3 is 2.70 bits per heavy atom. The summed E-state index contributed by atoms with van der Waals surface area (Å²) in [6, 6.07) is 0. The number of aromatic nitrogens is 1. The van der Waals surface area contributed by atoms with Gasteiger partial charge in [-0.1, -0.05) is 0 Å². The number of H-pyrrole nitrogens is 1. The van der Waals surface area contributed by atoms with Crippen LogP contribution in [0.1, 0.15) is 5.56 Å². The molecule has 0 amide bonds. The minimum atomic E-state index is -0.527. The monoisotopic (exact) mass is 141 g/mol. The van der Waals surface area contributed by atoms with Crippen molar-refractivity contribution in [3.63, 3.8) is 0 Å². The molecular formula is C6H7NO3. The van der Waals surface area contributed by atoms with Crippen LogP contribution in [0.3, 0.4) is 0 Å². The molecule has 0 atom stereocenters. The molecule has 1 aromatic heterocycles. The Bertz CT molecular complexity index is 279. The van der Waals surface area contributed by atoms with Crippen molar-refractivity contribution in [1.82, 2.24) is 4.98 Å². The molecule has 0 radical (unpaired) electrons. The van der Waals surface area contributed by atoms with E-state index in [9.17, 15) is 4.79 Å². The topological polar surface area (TPSA) is 73.3 Å². The van der Waals surface area contributed by atoms with Gasteiger partial charge in [-0.15, -0.1) is 0 Å². The van der Waals surface area contributed by atoms with Crippen molar-refractivity contribution < 1.29 is 10.2 Å². The van der Waals surface area contributed by atoms with Gasteiger partial charge in [-0.2, -0.15) is 0 Å². The highest BCUT2D eigenvalue weighted by atomic mass is 16.3. The van der Waals surface area contributed by atoms with Crippen LogP contribution in [0.2, 0.25) is 0 Å². The van der Waals surface area contributed by atoms with Gasteiger partial charge in [-0.3, -0.25) is 4.79 Å². The molecule has 0 aliphatic heterocycles. The molecule has 3 N–H and O–H groups in total. The number of hydrogen-bond donors (Lipinski definition) is 3. The van der Waals surface area contributed by atoms with Crippen molar-refractivity contribution in [2.24, 2.45) is 0 Å². The molecule has 0 saturated carbocycles. The van der Waals surface area contributed by atoms with Gasteiger partial charge in [-0.05, 0) is 0 Å². The van der Waals surface area contributed by atoms with Gasteiger partial charge >= 0.3 is 0 Å². The van der Waals surface area contributed by atoms with Gasteiger partial charge in [0.05, 0.1) is 6.61 Å². The Labute approximate surface area is 56.8 Å². The zero-order valence-corrected chi connectivity index (χ0v) is 5.16. The van der Waals surface area contributed by atoms with E-state index in [2.05, 4.69) is 4.98 Å². The molecule has 0 saturated heterocycles. The number of aliphatic hydroxyl groups excluding tert-OH is 1. The Hall–Kier alpha value is -1.29. The molecule has 4 heteroatoms. The molecule has 4 nitrogen and oxygen atoms in total. The van der Waals surface area contributed by atoms with E-state index in [1.54, 1.807) is 0 Å². The summed E-state index contributed by atoms with van der Waals surface area (Å²) >= 11 is 0. The first kappa shape index (κ1) is 6.82. The third-order valence-corrected chi connectivity index (χ3v) is 1.17. The maximum atomic E-state index is 10.8. The summed E-state index contributed by atoms with van der Waals surface area (Å²) in [5.74, 6) is -0.369. The van der Waals surface area contributed by atoms with Crippen LogP contribution >= 0.6 is 0 Å². The highest BCUT2D eigenvalue weighted by Gasteiger charge is 2.00. The summed E-state index contributed by atoms with van der Waals surface area (Å²) in [7, 11) is 0. The summed E-state index contributed by atoms with van der Waals surface area (Å²) in [4.78, 5) is 13.3. The van der Waals surface area contributed by atoms with Gasteiger partial charge in [0.15, 0.2) is 5.75 Å². The van der Waals surface area contributed by atoms with E-state index in [-0.39, 0.29) is 17.9 Å². The first-order valence-corrected chi connectivity index (χ1v) is 2.75. The molecule has 0 unspecified atom stereocenters. The van der Waals surface area contributed by atoms with Gasteiger partial charge < -0.3 is 15.2 Å². The van der Waals surface area contributed by atoms with Crippen LogP contribution in [0.25, 0.3) is 0 Å². The van der Waals surface area contributed by atoms with Crippen LogP contribution in [-0.4, -0.2) is 15.2 Å². The summed E-state index contributed by atoms with van der Waals surface area (Å²) in [6.45, 7) is -0.357. The molecule has 1 rings (SSSR count). The molecule has 0 fully saturated rings. The second-order valence-corrected chi connectivity index (χ2v) is 1.85. The number of aliphatic hydroxyl groups is 1. The number of pyridine rings is 1. The second kappa shape index (κ2) is 2.53. The smallest absolute Gasteiger partial charge is 0.228 e. The van der Waals surface area contributed by atoms with Crippen molar-refractivity contribution >= 4 is 0 Å². The first-order valence-electron chi connectivity index (χ1n) is 2.75. The van der Waals surface area contributed by atoms with Crippen molar-refractivity contribution in [3.05, 3.63) is 28.2 Å². The summed E-state index contributed by atoms with van der Waals surface area (Å²) in [6.07, 6.45) is 2.52. The lowest BCUT2D eigenvalue weighted by Gasteiger charge is -1.93. The van der Waals surface area contributed by atoms with Crippen molar-refractivity contribution in [3.8, 4) is 5.75 Å². The summed E-state index contributed by atoms with van der Waals surface area (Å²) in [5.41, 5.74) is -0.360. The van der Waals surface area contributed by atoms with Crippen molar-refractivity contribution in [1.29, 1.82) is 0 Å². The Morgan fingerprint density at radius 2 is 2.20 bits per heavy atom. The van der Waals surface area contributed by atoms with E-state index >= 15 is 0 Å². The third-order valence-electron chi connectivity index (χ3n) is 1.17. The van der Waals surface area contributed by atoms with E-state index in [0.29, 0.717) is 0 Å². The number of aromatic hydroxyl groups is 1. The Morgan fingerprint density at radius 1 is 1.50 bits per heavy atom. The van der Waals surface area contributed by atoms with Crippen LogP contribution in [0, 0.1) is 0 Å². The lowest BCUT2D eigenvalue weighted by Crippen LogP contribution is -2.07. The lowest BCUT2D eigenvalue weighted by molar-refractivity contribution is 0.279. The molecule has 0 bridgehead atoms. The van der Waals surface area contributed by atoms with Crippen molar-refractivity contribution in [2.75, 3.05) is 0 Å². The van der Waals surface area contributed by atoms with Gasteiger partial charge in [0, 0.05) is 18.0 Å². The molecule has 54 valence electrons. The zero-order chi connectivity index (χ0) is 7.56. The quantitative estimate of drug-likeness (QED) is 0.497. The lowest BCUT2D eigenvalue weighted by atomic mass is 10.3. The summed E-state index contributed by atoms with van der Waals surface area (Å²) in [5, 5.41) is 17.3. The van der Waals surface area contributed by atoms with Crippen LogP contribution in [0.15, 0.2) is 17.2 Å². The highest BCUT2D eigenvalue weighted by Crippen LogP contribution is 1.97. The maximum Gasteiger partial charge on any atom is 0.228 e. The number of hydrogen-bond acceptors (Lipinski definition) is 3. The molecule has 0 aliphatic rings. The number of aromatic amines is 1. The molecule has 0 spiro atoms. The van der Waals surface area contributed by atoms with Crippen LogP contribution < -0.4 is 5.43 Å². The fourth-order valence-electron chi connectivity index (χ4n) is 0.634. The minimum Gasteiger partial charge on any atom is -0.503 e. The average molecular weight is 141 g/mol. The molecule has 10 heavy (non-hydrogen) atoms. The van der Waals surface area contributed by atoms with Gasteiger partial charge in [0.25, 0.3) is 0 Å². The number of nitrogens with one attached hydrogen (secondary N) is 1. The normalized spacial score (nSPS) is 9.70. The summed E-state index contributed by atoms with van der Waals surface area (Å²) < 4.78 is 0. The average Bonchev–Trinajstić information content (AvgIpc) is 1.95. The molecule has 0 aliphatic carbocycles. The largest absolute Gasteiger partial charge is 0.503 e. The van der Waals surface area contributed by atoms with E-state index in [4.69, 9.17) is 10.2 Å². The highest BCUT2D eigenvalue weighted by molar-refractivity contribution is 5.21. The fourth-order valence-corrected chi connectivity index (χ4v) is 0.634. The standard InChI is InChI=1S/C6H7NO3/c8-3-4-1-7-2-5(9)6(4)10/h1-2,8-9H,3H2,(H,7,10). The fraction of sp³-hybridized carbons (Fsp3) is 0.167. The van der Waals surface area contributed by atoms with Crippen molar-refractivity contribution in [2.45, 2.75) is 6.61 Å². The van der Waals surface area contributed by atoms with Gasteiger partial charge in [0.2, 0.25) is 5.43 Å². The SMILES string of the molecule is O=c1c(O)c[nH]cc1CO. The van der Waals surface area contributed by atoms with E-state index in [1.807, 2.05) is 0 Å². The predicted molar refractivity (Wildman–Crippen MR) is 34.7 cm³/mol. The molecule has 0 aromatic carbocycles. The maximum absolute atomic E-state index is 10.8. The van der Waals surface area contributed by atoms with Crippen LogP contribution in [0.4, 0.5) is 0 Å². The first-order chi connectivity index (χ1) is 4.75. The Balaban J connectivity index is 3.28. The second-order valence-electron chi connectivity index (χ2n) is 1.85. The molecule has 1 heterocycles. The zero-order valence-electron chi connectivity index (χ0n) is 5.16. The predicted octanol–water partition coefficient (Wildman–Crippen LogP) is -0.427. The Kier molecular flexibility index (Phi) is 1.73. The van der Waals surface area contributed by atoms with E-state index in [0.717, 1.165) is 0 Å². The van der Waals surface area contributed by atoms with Crippen LogP contribution in [0.5, 0.6) is 5.75 Å². The van der Waals surface area contributed by atoms with Gasteiger partial charge in [-0.25, -0.2) is 0 Å². The van der Waals surface area contributed by atoms with E-state index < -0.39 is 5.43 Å². The van der Waals surface area contributed by atoms with Crippen LogP contribution in [-0.2, 0) is 6.61 Å². The molecule has 1 aromatic rings. The minimum absolute atomic E-state index is 0.167. The number of rotatable bonds is 1. The van der Waals surface area contributed by atoms with Gasteiger partial charge in [0.1, 0.15) is 0 Å². The third kappa shape index (κ3) is 1.01. The molecular weight excluding hydrogens is 134 g/mol.